The van der Waals surface area contributed by atoms with Crippen molar-refractivity contribution in [3.63, 3.8) is 0 Å². The summed E-state index contributed by atoms with van der Waals surface area (Å²) >= 11 is 7.00. The number of hydrogen-bond donors (Lipinski definition) is 0. The third-order valence-corrected chi connectivity index (χ3v) is 6.65. The Balaban J connectivity index is 1.66. The van der Waals surface area contributed by atoms with Crippen molar-refractivity contribution in [2.45, 2.75) is 26.3 Å². The molecule has 0 N–H and O–H groups in total. The van der Waals surface area contributed by atoms with Gasteiger partial charge in [0.05, 0.1) is 29.5 Å². The highest BCUT2D eigenvalue weighted by atomic mass is 32.1. The zero-order valence-corrected chi connectivity index (χ0v) is 20.5. The van der Waals surface area contributed by atoms with Gasteiger partial charge >= 0.3 is 0 Å². The molecule has 0 fully saturated rings. The molecular formula is C27H22N4OS2. The molecule has 0 unspecified atom stereocenters. The Morgan fingerprint density at radius 3 is 2.59 bits per heavy atom. The second-order valence-electron chi connectivity index (χ2n) is 8.36. The van der Waals surface area contributed by atoms with Gasteiger partial charge in [-0.15, -0.1) is 6.42 Å². The molecule has 0 bridgehead atoms. The molecule has 0 aliphatic rings. The van der Waals surface area contributed by atoms with Crippen molar-refractivity contribution in [1.82, 2.24) is 18.3 Å². The maximum atomic E-state index is 5.78. The molecule has 0 atom stereocenters. The highest BCUT2D eigenvalue weighted by Crippen LogP contribution is 2.31. The first-order chi connectivity index (χ1) is 16.5. The zero-order valence-electron chi connectivity index (χ0n) is 18.9. The van der Waals surface area contributed by atoms with Crippen molar-refractivity contribution >= 4 is 45.9 Å². The lowest BCUT2D eigenvalue weighted by molar-refractivity contribution is 0.371. The molecule has 2 aromatic heterocycles. The standard InChI is InChI=1S/C27H22N4OS2/c1-4-13-32-21-10-12-25-22(15-21)26(20-8-6-19(7-9-20)17(2)3)28-27(33)31(25)16-18-5-11-23-24(14-18)30-34-29-23/h1,5-12,14-15,17H,13,16H2,2-3H3. The zero-order chi connectivity index (χ0) is 23.7. The number of hydrogen-bond acceptors (Lipinski definition) is 6. The van der Waals surface area contributed by atoms with Gasteiger partial charge in [0.2, 0.25) is 4.77 Å². The third-order valence-electron chi connectivity index (χ3n) is 5.78. The summed E-state index contributed by atoms with van der Waals surface area (Å²) in [7, 11) is 0. The first kappa shape index (κ1) is 22.2. The molecule has 0 amide bonds. The fourth-order valence-corrected chi connectivity index (χ4v) is 4.75. The molecular weight excluding hydrogens is 460 g/mol. The molecule has 0 aliphatic carbocycles. The predicted octanol–water partition coefficient (Wildman–Crippen LogP) is 6.62. The van der Waals surface area contributed by atoms with Crippen LogP contribution in [0, 0.1) is 17.1 Å². The van der Waals surface area contributed by atoms with Crippen LogP contribution in [0.4, 0.5) is 0 Å². The van der Waals surface area contributed by atoms with Crippen LogP contribution in [0.2, 0.25) is 0 Å². The summed E-state index contributed by atoms with van der Waals surface area (Å²) < 4.78 is 16.9. The fourth-order valence-electron chi connectivity index (χ4n) is 3.98. The lowest BCUT2D eigenvalue weighted by atomic mass is 9.99. The summed E-state index contributed by atoms with van der Waals surface area (Å²) in [5.41, 5.74) is 6.97. The molecule has 5 nitrogen and oxygen atoms in total. The van der Waals surface area contributed by atoms with Crippen LogP contribution in [0.15, 0.2) is 60.7 Å². The molecule has 7 heteroatoms. The summed E-state index contributed by atoms with van der Waals surface area (Å²) in [5.74, 6) is 3.68. The van der Waals surface area contributed by atoms with Gasteiger partial charge in [0.1, 0.15) is 23.4 Å². The number of rotatable bonds is 6. The summed E-state index contributed by atoms with van der Waals surface area (Å²) in [6.07, 6.45) is 5.40. The highest BCUT2D eigenvalue weighted by Gasteiger charge is 2.14. The largest absolute Gasteiger partial charge is 0.481 e. The lowest BCUT2D eigenvalue weighted by Crippen LogP contribution is -2.07. The Labute approximate surface area is 207 Å². The van der Waals surface area contributed by atoms with Gasteiger partial charge in [0.15, 0.2) is 0 Å². The summed E-state index contributed by atoms with van der Waals surface area (Å²) in [4.78, 5) is 4.87. The van der Waals surface area contributed by atoms with Crippen molar-refractivity contribution < 1.29 is 4.74 Å². The van der Waals surface area contributed by atoms with E-state index in [1.54, 1.807) is 0 Å². The van der Waals surface area contributed by atoms with E-state index in [1.165, 1.54) is 17.3 Å². The molecule has 0 saturated carbocycles. The van der Waals surface area contributed by atoms with E-state index in [4.69, 9.17) is 28.4 Å². The highest BCUT2D eigenvalue weighted by molar-refractivity contribution is 7.71. The molecule has 0 saturated heterocycles. The molecule has 5 rings (SSSR count). The van der Waals surface area contributed by atoms with Crippen molar-refractivity contribution in [2.75, 3.05) is 6.61 Å². The van der Waals surface area contributed by atoms with Crippen LogP contribution in [-0.4, -0.2) is 24.9 Å². The number of aromatic nitrogens is 4. The molecule has 5 aromatic rings. The maximum Gasteiger partial charge on any atom is 0.200 e. The molecule has 0 radical (unpaired) electrons. The number of benzene rings is 3. The van der Waals surface area contributed by atoms with Gasteiger partial charge in [0, 0.05) is 10.9 Å². The van der Waals surface area contributed by atoms with Crippen molar-refractivity contribution in [3.8, 4) is 29.4 Å². The molecule has 3 aromatic carbocycles. The minimum absolute atomic E-state index is 0.207. The second-order valence-corrected chi connectivity index (χ2v) is 9.26. The van der Waals surface area contributed by atoms with Crippen LogP contribution in [0.5, 0.6) is 5.75 Å². The van der Waals surface area contributed by atoms with Gasteiger partial charge in [-0.3, -0.25) is 0 Å². The van der Waals surface area contributed by atoms with E-state index >= 15 is 0 Å². The van der Waals surface area contributed by atoms with E-state index in [1.807, 2.05) is 28.8 Å². The van der Waals surface area contributed by atoms with E-state index in [-0.39, 0.29) is 6.61 Å². The number of fused-ring (bicyclic) bond motifs is 2. The summed E-state index contributed by atoms with van der Waals surface area (Å²) in [6.45, 7) is 5.15. The van der Waals surface area contributed by atoms with Crippen molar-refractivity contribution in [3.05, 3.63) is 76.6 Å². The van der Waals surface area contributed by atoms with E-state index in [9.17, 15) is 0 Å². The Morgan fingerprint density at radius 1 is 1.03 bits per heavy atom. The number of terminal acetylenes is 1. The van der Waals surface area contributed by atoms with Crippen LogP contribution in [0.3, 0.4) is 0 Å². The Kier molecular flexibility index (Phi) is 6.10. The average molecular weight is 483 g/mol. The topological polar surface area (TPSA) is 52.8 Å². The van der Waals surface area contributed by atoms with E-state index in [0.717, 1.165) is 38.8 Å². The Bertz CT molecular complexity index is 1590. The smallest absolute Gasteiger partial charge is 0.200 e. The number of ether oxygens (including phenoxy) is 1. The van der Waals surface area contributed by atoms with Gasteiger partial charge < -0.3 is 9.30 Å². The van der Waals surface area contributed by atoms with Crippen LogP contribution >= 0.6 is 23.9 Å². The van der Waals surface area contributed by atoms with Crippen molar-refractivity contribution in [1.29, 1.82) is 0 Å². The minimum Gasteiger partial charge on any atom is -0.481 e. The van der Waals surface area contributed by atoms with Crippen LogP contribution in [0.25, 0.3) is 33.2 Å². The van der Waals surface area contributed by atoms with Gasteiger partial charge in [-0.1, -0.05) is 50.1 Å². The SMILES string of the molecule is C#CCOc1ccc2c(c1)c(-c1ccc(C(C)C)cc1)nc(=S)n2Cc1ccc2nsnc2c1. The molecule has 34 heavy (non-hydrogen) atoms. The van der Waals surface area contributed by atoms with Gasteiger partial charge in [-0.05, 0) is 59.6 Å². The molecule has 2 heterocycles. The third kappa shape index (κ3) is 4.30. The quantitative estimate of drug-likeness (QED) is 0.201. The van der Waals surface area contributed by atoms with Crippen LogP contribution in [0.1, 0.15) is 30.9 Å². The maximum absolute atomic E-state index is 5.78. The summed E-state index contributed by atoms with van der Waals surface area (Å²) in [6, 6.07) is 20.5. The van der Waals surface area contributed by atoms with E-state index < -0.39 is 0 Å². The van der Waals surface area contributed by atoms with Crippen LogP contribution < -0.4 is 4.74 Å². The Hall–Kier alpha value is -3.60. The van der Waals surface area contributed by atoms with E-state index in [0.29, 0.717) is 23.0 Å². The average Bonchev–Trinajstić information content (AvgIpc) is 3.32. The minimum atomic E-state index is 0.207. The lowest BCUT2D eigenvalue weighted by Gasteiger charge is -2.16. The first-order valence-electron chi connectivity index (χ1n) is 11.0. The summed E-state index contributed by atoms with van der Waals surface area (Å²) in [5, 5.41) is 0.955. The van der Waals surface area contributed by atoms with Gasteiger partial charge in [0.25, 0.3) is 0 Å². The van der Waals surface area contributed by atoms with E-state index in [2.05, 4.69) is 64.9 Å². The monoisotopic (exact) mass is 482 g/mol. The predicted molar refractivity (Wildman–Crippen MR) is 141 cm³/mol. The normalized spacial score (nSPS) is 11.2. The van der Waals surface area contributed by atoms with Gasteiger partial charge in [-0.2, -0.15) is 8.75 Å². The van der Waals surface area contributed by atoms with Crippen LogP contribution in [-0.2, 0) is 6.54 Å². The second kappa shape index (κ2) is 9.34. The fraction of sp³-hybridized carbons (Fsp3) is 0.185. The number of nitrogens with zero attached hydrogens (tertiary/aromatic N) is 4. The Morgan fingerprint density at radius 2 is 1.82 bits per heavy atom. The molecule has 168 valence electrons. The first-order valence-corrected chi connectivity index (χ1v) is 12.1. The molecule has 0 spiro atoms. The van der Waals surface area contributed by atoms with Gasteiger partial charge in [-0.25, -0.2) is 4.98 Å². The van der Waals surface area contributed by atoms with Crippen molar-refractivity contribution in [2.24, 2.45) is 0 Å². The molecule has 0 aliphatic heterocycles.